The Morgan fingerprint density at radius 3 is 2.57 bits per heavy atom. The maximum absolute atomic E-state index is 12.5. The molecule has 8 heteroatoms. The number of aryl methyl sites for hydroxylation is 1. The van der Waals surface area contributed by atoms with Crippen LogP contribution in [0.3, 0.4) is 0 Å². The van der Waals surface area contributed by atoms with E-state index in [9.17, 15) is 4.79 Å². The fraction of sp³-hybridized carbons (Fsp3) is 0.0455. The number of aromatic nitrogens is 6. The average molecular weight is 395 g/mol. The maximum atomic E-state index is 12.5. The Labute approximate surface area is 171 Å². The largest absolute Gasteiger partial charge is 0.321 e. The molecule has 3 heterocycles. The molecule has 0 aliphatic carbocycles. The Morgan fingerprint density at radius 2 is 1.80 bits per heavy atom. The molecular weight excluding hydrogens is 378 g/mol. The van der Waals surface area contributed by atoms with Gasteiger partial charge in [0.05, 0.1) is 17.6 Å². The fourth-order valence-electron chi connectivity index (χ4n) is 3.08. The number of fused-ring (bicyclic) bond motifs is 1. The van der Waals surface area contributed by atoms with Crippen LogP contribution in [0.25, 0.3) is 22.7 Å². The second-order valence-corrected chi connectivity index (χ2v) is 6.87. The molecule has 8 nitrogen and oxygen atoms in total. The molecule has 1 N–H and O–H groups in total. The van der Waals surface area contributed by atoms with E-state index >= 15 is 0 Å². The standard InChI is InChI=1S/C22H17N7O/c1-15-3-9-18(10-4-15)29-14-20(26-27-29)21(30)24-17-7-5-16(6-8-17)19-13-28-12-2-11-23-22(28)25-19/h2-14H,1H3,(H,24,30). The predicted octanol–water partition coefficient (Wildman–Crippen LogP) is 3.54. The first-order chi connectivity index (χ1) is 14.7. The quantitative estimate of drug-likeness (QED) is 0.503. The zero-order valence-electron chi connectivity index (χ0n) is 16.1. The van der Waals surface area contributed by atoms with Crippen LogP contribution in [0.4, 0.5) is 5.69 Å². The lowest BCUT2D eigenvalue weighted by Gasteiger charge is -2.04. The summed E-state index contributed by atoms with van der Waals surface area (Å²) in [6.07, 6.45) is 7.13. The molecule has 0 saturated carbocycles. The molecule has 0 bridgehead atoms. The van der Waals surface area contributed by atoms with Crippen molar-refractivity contribution >= 4 is 17.4 Å². The lowest BCUT2D eigenvalue weighted by Crippen LogP contribution is -2.12. The van der Waals surface area contributed by atoms with Crippen molar-refractivity contribution in [2.24, 2.45) is 0 Å². The third kappa shape index (κ3) is 3.42. The number of amides is 1. The molecule has 0 spiro atoms. The lowest BCUT2D eigenvalue weighted by molar-refractivity contribution is 0.102. The first-order valence-corrected chi connectivity index (χ1v) is 9.37. The number of imidazole rings is 1. The summed E-state index contributed by atoms with van der Waals surface area (Å²) in [4.78, 5) is 21.3. The fourth-order valence-corrected chi connectivity index (χ4v) is 3.08. The molecule has 0 fully saturated rings. The van der Waals surface area contributed by atoms with Crippen LogP contribution < -0.4 is 5.32 Å². The van der Waals surface area contributed by atoms with Crippen LogP contribution in [0.2, 0.25) is 0 Å². The highest BCUT2D eigenvalue weighted by atomic mass is 16.2. The molecule has 0 aliphatic heterocycles. The van der Waals surface area contributed by atoms with Gasteiger partial charge in [-0.05, 0) is 37.3 Å². The number of carbonyl (C=O) groups excluding carboxylic acids is 1. The van der Waals surface area contributed by atoms with E-state index in [4.69, 9.17) is 0 Å². The van der Waals surface area contributed by atoms with E-state index in [0.717, 1.165) is 22.5 Å². The van der Waals surface area contributed by atoms with Crippen molar-refractivity contribution < 1.29 is 4.79 Å². The summed E-state index contributed by atoms with van der Waals surface area (Å²) in [7, 11) is 0. The molecule has 146 valence electrons. The van der Waals surface area contributed by atoms with Crippen LogP contribution in [0.15, 0.2) is 79.4 Å². The summed E-state index contributed by atoms with van der Waals surface area (Å²) >= 11 is 0. The van der Waals surface area contributed by atoms with E-state index in [1.165, 1.54) is 0 Å². The Bertz CT molecular complexity index is 1300. The van der Waals surface area contributed by atoms with Gasteiger partial charge in [0.15, 0.2) is 5.69 Å². The minimum atomic E-state index is -0.321. The van der Waals surface area contributed by atoms with Gasteiger partial charge in [0.2, 0.25) is 5.78 Å². The molecule has 30 heavy (non-hydrogen) atoms. The Balaban J connectivity index is 1.31. The molecule has 5 rings (SSSR count). The van der Waals surface area contributed by atoms with Gasteiger partial charge in [-0.1, -0.05) is 35.0 Å². The van der Waals surface area contributed by atoms with E-state index in [1.54, 1.807) is 17.1 Å². The smallest absolute Gasteiger partial charge is 0.277 e. The van der Waals surface area contributed by atoms with Crippen LogP contribution in [0.5, 0.6) is 0 Å². The molecule has 2 aromatic carbocycles. The summed E-state index contributed by atoms with van der Waals surface area (Å²) in [5, 5.41) is 10.9. The molecule has 0 atom stereocenters. The topological polar surface area (TPSA) is 90.0 Å². The molecule has 3 aromatic heterocycles. The van der Waals surface area contributed by atoms with Crippen molar-refractivity contribution in [3.8, 4) is 16.9 Å². The highest BCUT2D eigenvalue weighted by molar-refractivity contribution is 6.02. The normalized spacial score (nSPS) is 11.0. The van der Waals surface area contributed by atoms with Gasteiger partial charge in [-0.3, -0.25) is 9.20 Å². The number of benzene rings is 2. The van der Waals surface area contributed by atoms with E-state index in [0.29, 0.717) is 11.5 Å². The van der Waals surface area contributed by atoms with Gasteiger partial charge in [-0.25, -0.2) is 14.6 Å². The Morgan fingerprint density at radius 1 is 1.00 bits per heavy atom. The average Bonchev–Trinajstić information content (AvgIpc) is 3.42. The summed E-state index contributed by atoms with van der Waals surface area (Å²) in [6, 6.07) is 17.1. The second-order valence-electron chi connectivity index (χ2n) is 6.87. The van der Waals surface area contributed by atoms with Crippen LogP contribution in [-0.4, -0.2) is 35.3 Å². The van der Waals surface area contributed by atoms with Crippen LogP contribution in [-0.2, 0) is 0 Å². The van der Waals surface area contributed by atoms with Crippen molar-refractivity contribution in [1.29, 1.82) is 0 Å². The maximum Gasteiger partial charge on any atom is 0.277 e. The SMILES string of the molecule is Cc1ccc(-n2cc(C(=O)Nc3ccc(-c4cn5cccnc5n4)cc3)nn2)cc1. The zero-order valence-corrected chi connectivity index (χ0v) is 16.1. The molecule has 0 unspecified atom stereocenters. The lowest BCUT2D eigenvalue weighted by atomic mass is 10.1. The van der Waals surface area contributed by atoms with Crippen molar-refractivity contribution in [1.82, 2.24) is 29.4 Å². The molecule has 5 aromatic rings. The van der Waals surface area contributed by atoms with Crippen molar-refractivity contribution in [3.05, 3.63) is 90.6 Å². The van der Waals surface area contributed by atoms with Gasteiger partial charge in [-0.2, -0.15) is 0 Å². The van der Waals surface area contributed by atoms with Crippen LogP contribution in [0.1, 0.15) is 16.1 Å². The van der Waals surface area contributed by atoms with E-state index in [2.05, 4.69) is 25.6 Å². The summed E-state index contributed by atoms with van der Waals surface area (Å²) in [6.45, 7) is 2.02. The first kappa shape index (κ1) is 17.7. The van der Waals surface area contributed by atoms with Gasteiger partial charge < -0.3 is 5.32 Å². The zero-order chi connectivity index (χ0) is 20.5. The summed E-state index contributed by atoms with van der Waals surface area (Å²) in [5.74, 6) is 0.319. The van der Waals surface area contributed by atoms with Crippen molar-refractivity contribution in [3.63, 3.8) is 0 Å². The number of anilines is 1. The number of rotatable bonds is 4. The highest BCUT2D eigenvalue weighted by Crippen LogP contribution is 2.21. The van der Waals surface area contributed by atoms with E-state index < -0.39 is 0 Å². The van der Waals surface area contributed by atoms with Gasteiger partial charge in [0.25, 0.3) is 5.91 Å². The Hall–Kier alpha value is -4.33. The van der Waals surface area contributed by atoms with E-state index in [-0.39, 0.29) is 11.6 Å². The van der Waals surface area contributed by atoms with Gasteiger partial charge in [-0.15, -0.1) is 5.10 Å². The third-order valence-corrected chi connectivity index (χ3v) is 4.70. The molecule has 0 saturated heterocycles. The van der Waals surface area contributed by atoms with Crippen molar-refractivity contribution in [2.45, 2.75) is 6.92 Å². The summed E-state index contributed by atoms with van der Waals surface area (Å²) in [5.41, 5.74) is 4.65. The molecule has 1 amide bonds. The minimum absolute atomic E-state index is 0.242. The highest BCUT2D eigenvalue weighted by Gasteiger charge is 2.12. The number of hydrogen-bond donors (Lipinski definition) is 1. The summed E-state index contributed by atoms with van der Waals surface area (Å²) < 4.78 is 3.44. The molecular formula is C22H17N7O. The monoisotopic (exact) mass is 395 g/mol. The van der Waals surface area contributed by atoms with Gasteiger partial charge in [0.1, 0.15) is 0 Å². The predicted molar refractivity (Wildman–Crippen MR) is 112 cm³/mol. The number of hydrogen-bond acceptors (Lipinski definition) is 5. The van der Waals surface area contributed by atoms with Crippen molar-refractivity contribution in [2.75, 3.05) is 5.32 Å². The number of nitrogens with one attached hydrogen (secondary N) is 1. The van der Waals surface area contributed by atoms with Crippen LogP contribution in [0, 0.1) is 6.92 Å². The molecule has 0 radical (unpaired) electrons. The third-order valence-electron chi connectivity index (χ3n) is 4.70. The first-order valence-electron chi connectivity index (χ1n) is 9.37. The van der Waals surface area contributed by atoms with Crippen LogP contribution >= 0.6 is 0 Å². The minimum Gasteiger partial charge on any atom is -0.321 e. The Kier molecular flexibility index (Phi) is 4.29. The number of carbonyl (C=O) groups is 1. The van der Waals surface area contributed by atoms with Gasteiger partial charge in [0, 0.05) is 29.8 Å². The molecule has 0 aliphatic rings. The van der Waals surface area contributed by atoms with E-state index in [1.807, 2.05) is 78.3 Å². The van der Waals surface area contributed by atoms with Gasteiger partial charge >= 0.3 is 0 Å². The number of nitrogens with zero attached hydrogens (tertiary/aromatic N) is 6. The second kappa shape index (κ2) is 7.25.